The molecule has 26 heavy (non-hydrogen) atoms. The van der Waals surface area contributed by atoms with Crippen LogP contribution in [0.1, 0.15) is 17.4 Å². The Bertz CT molecular complexity index is 979. The van der Waals surface area contributed by atoms with Gasteiger partial charge in [-0.3, -0.25) is 9.59 Å². The molecule has 0 aliphatic rings. The summed E-state index contributed by atoms with van der Waals surface area (Å²) >= 11 is 0. The van der Waals surface area contributed by atoms with E-state index in [-0.39, 0.29) is 24.6 Å². The van der Waals surface area contributed by atoms with Crippen LogP contribution in [-0.4, -0.2) is 39.5 Å². The number of methoxy groups -OCH3 is 1. The van der Waals surface area contributed by atoms with E-state index in [4.69, 9.17) is 9.26 Å². The maximum Gasteiger partial charge on any atom is 0.275 e. The van der Waals surface area contributed by atoms with E-state index in [0.717, 1.165) is 5.39 Å². The second kappa shape index (κ2) is 7.87. The lowest BCUT2D eigenvalue weighted by Gasteiger charge is -2.08. The SMILES string of the molecule is COCc1noc(CCNC(=O)Cn2nc(C)c3ccccc3c2=O)n1. The summed E-state index contributed by atoms with van der Waals surface area (Å²) in [5.74, 6) is 0.552. The molecular weight excluding hydrogens is 338 g/mol. The van der Waals surface area contributed by atoms with E-state index in [1.165, 1.54) is 4.68 Å². The summed E-state index contributed by atoms with van der Waals surface area (Å²) in [5, 5.41) is 12.0. The van der Waals surface area contributed by atoms with Crippen LogP contribution < -0.4 is 10.9 Å². The van der Waals surface area contributed by atoms with Crippen molar-refractivity contribution in [2.45, 2.75) is 26.5 Å². The molecule has 1 amide bonds. The number of nitrogens with zero attached hydrogens (tertiary/aromatic N) is 4. The highest BCUT2D eigenvalue weighted by molar-refractivity contribution is 5.83. The van der Waals surface area contributed by atoms with Crippen LogP contribution in [-0.2, 0) is 29.1 Å². The minimum atomic E-state index is -0.314. The normalized spacial score (nSPS) is 11.0. The zero-order valence-electron chi connectivity index (χ0n) is 14.6. The Hall–Kier alpha value is -3.07. The fraction of sp³-hybridized carbons (Fsp3) is 0.353. The average molecular weight is 357 g/mol. The van der Waals surface area contributed by atoms with Crippen molar-refractivity contribution in [1.29, 1.82) is 0 Å². The van der Waals surface area contributed by atoms with Gasteiger partial charge in [0.1, 0.15) is 13.2 Å². The van der Waals surface area contributed by atoms with Crippen molar-refractivity contribution in [2.75, 3.05) is 13.7 Å². The monoisotopic (exact) mass is 357 g/mol. The molecule has 0 aliphatic heterocycles. The summed E-state index contributed by atoms with van der Waals surface area (Å²) in [7, 11) is 1.54. The molecule has 1 aromatic carbocycles. The molecule has 9 nitrogen and oxygen atoms in total. The number of rotatable bonds is 7. The summed E-state index contributed by atoms with van der Waals surface area (Å²) in [4.78, 5) is 28.7. The number of benzene rings is 1. The van der Waals surface area contributed by atoms with Crippen LogP contribution in [0.3, 0.4) is 0 Å². The van der Waals surface area contributed by atoms with Gasteiger partial charge in [0.2, 0.25) is 11.8 Å². The molecule has 0 radical (unpaired) electrons. The van der Waals surface area contributed by atoms with Gasteiger partial charge in [-0.15, -0.1) is 0 Å². The number of hydrogen-bond donors (Lipinski definition) is 1. The number of fused-ring (bicyclic) bond motifs is 1. The molecular formula is C17H19N5O4. The summed E-state index contributed by atoms with van der Waals surface area (Å²) in [6.07, 6.45) is 0.390. The van der Waals surface area contributed by atoms with E-state index in [1.807, 2.05) is 19.1 Å². The Kier molecular flexibility index (Phi) is 5.37. The number of carbonyl (C=O) groups is 1. The molecule has 0 saturated carbocycles. The van der Waals surface area contributed by atoms with Gasteiger partial charge in [0.15, 0.2) is 5.82 Å². The summed E-state index contributed by atoms with van der Waals surface area (Å²) in [6, 6.07) is 7.21. The maximum atomic E-state index is 12.5. The number of hydrogen-bond acceptors (Lipinski definition) is 7. The Labute approximate surface area is 149 Å². The van der Waals surface area contributed by atoms with Crippen LogP contribution in [0.15, 0.2) is 33.6 Å². The highest BCUT2D eigenvalue weighted by atomic mass is 16.5. The van der Waals surface area contributed by atoms with Crippen LogP contribution in [0.2, 0.25) is 0 Å². The lowest BCUT2D eigenvalue weighted by atomic mass is 10.1. The summed E-state index contributed by atoms with van der Waals surface area (Å²) in [5.41, 5.74) is 0.409. The van der Waals surface area contributed by atoms with Gasteiger partial charge >= 0.3 is 0 Å². The number of amides is 1. The van der Waals surface area contributed by atoms with E-state index in [2.05, 4.69) is 20.6 Å². The minimum absolute atomic E-state index is 0.150. The fourth-order valence-electron chi connectivity index (χ4n) is 2.59. The summed E-state index contributed by atoms with van der Waals surface area (Å²) in [6.45, 7) is 2.24. The van der Waals surface area contributed by atoms with Gasteiger partial charge in [-0.1, -0.05) is 23.4 Å². The molecule has 0 atom stereocenters. The van der Waals surface area contributed by atoms with E-state index < -0.39 is 0 Å². The lowest BCUT2D eigenvalue weighted by molar-refractivity contribution is -0.121. The van der Waals surface area contributed by atoms with E-state index in [1.54, 1.807) is 19.2 Å². The Balaban J connectivity index is 1.60. The first-order chi connectivity index (χ1) is 12.6. The van der Waals surface area contributed by atoms with Crippen LogP contribution in [0.4, 0.5) is 0 Å². The van der Waals surface area contributed by atoms with Crippen LogP contribution in [0.5, 0.6) is 0 Å². The second-order valence-corrected chi connectivity index (χ2v) is 5.73. The number of aromatic nitrogens is 4. The Morgan fingerprint density at radius 2 is 2.08 bits per heavy atom. The fourth-order valence-corrected chi connectivity index (χ4v) is 2.59. The van der Waals surface area contributed by atoms with Crippen molar-refractivity contribution in [3.8, 4) is 0 Å². The van der Waals surface area contributed by atoms with Crippen LogP contribution in [0, 0.1) is 6.92 Å². The average Bonchev–Trinajstić information content (AvgIpc) is 3.07. The Morgan fingerprint density at radius 1 is 1.31 bits per heavy atom. The molecule has 0 saturated heterocycles. The molecule has 0 unspecified atom stereocenters. The van der Waals surface area contributed by atoms with Gasteiger partial charge in [-0.05, 0) is 13.0 Å². The van der Waals surface area contributed by atoms with E-state index in [9.17, 15) is 9.59 Å². The number of nitrogens with one attached hydrogen (secondary N) is 1. The topological polar surface area (TPSA) is 112 Å². The molecule has 0 fully saturated rings. The van der Waals surface area contributed by atoms with Gasteiger partial charge < -0.3 is 14.6 Å². The smallest absolute Gasteiger partial charge is 0.275 e. The maximum absolute atomic E-state index is 12.5. The minimum Gasteiger partial charge on any atom is -0.377 e. The molecule has 2 heterocycles. The quantitative estimate of drug-likeness (QED) is 0.658. The molecule has 3 aromatic rings. The standard InChI is InChI=1S/C17H19N5O4/c1-11-12-5-3-4-6-13(12)17(24)22(20-11)9-15(23)18-8-7-16-19-14(10-25-2)21-26-16/h3-6H,7-10H2,1-2H3,(H,18,23). The number of ether oxygens (including phenoxy) is 1. The highest BCUT2D eigenvalue weighted by Crippen LogP contribution is 2.11. The largest absolute Gasteiger partial charge is 0.377 e. The van der Waals surface area contributed by atoms with Crippen molar-refractivity contribution >= 4 is 16.7 Å². The predicted molar refractivity (Wildman–Crippen MR) is 92.5 cm³/mol. The van der Waals surface area contributed by atoms with Crippen molar-refractivity contribution < 1.29 is 14.1 Å². The molecule has 136 valence electrons. The first-order valence-electron chi connectivity index (χ1n) is 8.12. The summed E-state index contributed by atoms with van der Waals surface area (Å²) < 4.78 is 11.1. The van der Waals surface area contributed by atoms with Crippen LogP contribution in [0.25, 0.3) is 10.8 Å². The first-order valence-corrected chi connectivity index (χ1v) is 8.12. The number of aryl methyl sites for hydroxylation is 1. The third-order valence-electron chi connectivity index (χ3n) is 3.79. The molecule has 1 N–H and O–H groups in total. The molecule has 0 spiro atoms. The van der Waals surface area contributed by atoms with Crippen LogP contribution >= 0.6 is 0 Å². The van der Waals surface area contributed by atoms with E-state index >= 15 is 0 Å². The van der Waals surface area contributed by atoms with Gasteiger partial charge in [-0.25, -0.2) is 4.68 Å². The van der Waals surface area contributed by atoms with Gasteiger partial charge in [-0.2, -0.15) is 10.1 Å². The zero-order valence-corrected chi connectivity index (χ0v) is 14.6. The first kappa shape index (κ1) is 17.7. The molecule has 3 rings (SSSR count). The van der Waals surface area contributed by atoms with Gasteiger partial charge in [0.05, 0.1) is 11.1 Å². The molecule has 0 bridgehead atoms. The van der Waals surface area contributed by atoms with Gasteiger partial charge in [0.25, 0.3) is 5.56 Å². The molecule has 2 aromatic heterocycles. The zero-order chi connectivity index (χ0) is 18.5. The number of carbonyl (C=O) groups excluding carboxylic acids is 1. The van der Waals surface area contributed by atoms with Crippen molar-refractivity contribution in [3.05, 3.63) is 52.0 Å². The van der Waals surface area contributed by atoms with Crippen molar-refractivity contribution in [2.24, 2.45) is 0 Å². The van der Waals surface area contributed by atoms with Crippen molar-refractivity contribution in [1.82, 2.24) is 25.2 Å². The third kappa shape index (κ3) is 3.94. The molecule has 9 heteroatoms. The third-order valence-corrected chi connectivity index (χ3v) is 3.79. The van der Waals surface area contributed by atoms with Gasteiger partial charge in [0, 0.05) is 25.5 Å². The highest BCUT2D eigenvalue weighted by Gasteiger charge is 2.11. The predicted octanol–water partition coefficient (Wildman–Crippen LogP) is 0.593. The Morgan fingerprint density at radius 3 is 2.85 bits per heavy atom. The van der Waals surface area contributed by atoms with Crippen molar-refractivity contribution in [3.63, 3.8) is 0 Å². The second-order valence-electron chi connectivity index (χ2n) is 5.73. The lowest BCUT2D eigenvalue weighted by Crippen LogP contribution is -2.35. The van der Waals surface area contributed by atoms with E-state index in [0.29, 0.717) is 35.8 Å². The molecule has 0 aliphatic carbocycles.